The van der Waals surface area contributed by atoms with Crippen LogP contribution in [0.25, 0.3) is 0 Å². The van der Waals surface area contributed by atoms with Gasteiger partial charge in [-0.3, -0.25) is 4.79 Å². The molecule has 1 amide bonds. The molecule has 1 rings (SSSR count). The second-order valence-electron chi connectivity index (χ2n) is 4.56. The van der Waals surface area contributed by atoms with Gasteiger partial charge in [-0.25, -0.2) is 0 Å². The summed E-state index contributed by atoms with van der Waals surface area (Å²) < 4.78 is 0.938. The zero-order valence-corrected chi connectivity index (χ0v) is 11.8. The number of hydrogen-bond acceptors (Lipinski definition) is 1. The fourth-order valence-corrected chi connectivity index (χ4v) is 2.01. The Morgan fingerprint density at radius 2 is 1.88 bits per heavy atom. The number of hydrogen-bond donors (Lipinski definition) is 1. The average Bonchev–Trinajstić information content (AvgIpc) is 2.12. The van der Waals surface area contributed by atoms with E-state index in [1.54, 1.807) is 0 Å². The third-order valence-corrected chi connectivity index (χ3v) is 3.11. The summed E-state index contributed by atoms with van der Waals surface area (Å²) in [4.78, 5) is 11.6. The second kappa shape index (κ2) is 5.48. The molecule has 2 nitrogen and oxygen atoms in total. The number of benzene rings is 1. The van der Waals surface area contributed by atoms with E-state index in [1.165, 1.54) is 11.1 Å². The van der Waals surface area contributed by atoms with E-state index in [2.05, 4.69) is 28.2 Å². The van der Waals surface area contributed by atoms with Gasteiger partial charge in [0.15, 0.2) is 0 Å². The lowest BCUT2D eigenvalue weighted by molar-refractivity contribution is -0.116. The Hall–Kier alpha value is -0.830. The van der Waals surface area contributed by atoms with Gasteiger partial charge in [0.1, 0.15) is 0 Å². The molecule has 0 saturated carbocycles. The first kappa shape index (κ1) is 13.2. The zero-order chi connectivity index (χ0) is 12.3. The molecule has 3 heteroatoms. The van der Waals surface area contributed by atoms with Crippen molar-refractivity contribution >= 4 is 27.5 Å². The van der Waals surface area contributed by atoms with Gasteiger partial charge in [-0.05, 0) is 59.0 Å². The molecule has 0 spiro atoms. The highest BCUT2D eigenvalue weighted by Crippen LogP contribution is 2.26. The van der Waals surface area contributed by atoms with Gasteiger partial charge < -0.3 is 5.32 Å². The molecule has 0 aliphatic rings. The van der Waals surface area contributed by atoms with E-state index in [1.807, 2.05) is 32.9 Å². The van der Waals surface area contributed by atoms with Crippen LogP contribution in [0, 0.1) is 19.8 Å². The Labute approximate surface area is 106 Å². The zero-order valence-electron chi connectivity index (χ0n) is 10.2. The predicted octanol–water partition coefficient (Wildman–Crippen LogP) is 4.05. The molecular formula is C13H18BrNO. The predicted molar refractivity (Wildman–Crippen MR) is 71.7 cm³/mol. The Morgan fingerprint density at radius 1 is 1.31 bits per heavy atom. The molecule has 1 N–H and O–H groups in total. The van der Waals surface area contributed by atoms with Crippen LogP contribution in [0.15, 0.2) is 16.6 Å². The Morgan fingerprint density at radius 3 is 2.44 bits per heavy atom. The molecule has 0 heterocycles. The van der Waals surface area contributed by atoms with Gasteiger partial charge in [-0.15, -0.1) is 0 Å². The van der Waals surface area contributed by atoms with E-state index in [-0.39, 0.29) is 5.91 Å². The van der Waals surface area contributed by atoms with E-state index < -0.39 is 0 Å². The van der Waals surface area contributed by atoms with Crippen LogP contribution in [0.3, 0.4) is 0 Å². The van der Waals surface area contributed by atoms with Gasteiger partial charge in [0.2, 0.25) is 5.91 Å². The number of nitrogens with one attached hydrogen (secondary N) is 1. The molecular weight excluding hydrogens is 266 g/mol. The highest BCUT2D eigenvalue weighted by atomic mass is 79.9. The molecule has 16 heavy (non-hydrogen) atoms. The summed E-state index contributed by atoms with van der Waals surface area (Å²) in [6, 6.07) is 4.03. The number of rotatable bonds is 3. The van der Waals surface area contributed by atoms with Crippen molar-refractivity contribution in [3.8, 4) is 0 Å². The maximum atomic E-state index is 11.6. The van der Waals surface area contributed by atoms with Crippen molar-refractivity contribution in [1.29, 1.82) is 0 Å². The van der Waals surface area contributed by atoms with Crippen LogP contribution in [0.4, 0.5) is 5.69 Å². The Balaban J connectivity index is 2.81. The third kappa shape index (κ3) is 3.63. The highest BCUT2D eigenvalue weighted by Gasteiger charge is 2.08. The first-order valence-electron chi connectivity index (χ1n) is 5.46. The van der Waals surface area contributed by atoms with Crippen molar-refractivity contribution in [2.75, 3.05) is 5.32 Å². The average molecular weight is 284 g/mol. The van der Waals surface area contributed by atoms with Crippen molar-refractivity contribution in [3.05, 3.63) is 27.7 Å². The highest BCUT2D eigenvalue weighted by molar-refractivity contribution is 9.10. The van der Waals surface area contributed by atoms with Crippen LogP contribution in [0.1, 0.15) is 31.4 Å². The van der Waals surface area contributed by atoms with Crippen molar-refractivity contribution in [2.45, 2.75) is 34.1 Å². The SMILES string of the molecule is Cc1cc(Br)c(NC(=O)CC(C)C)cc1C. The topological polar surface area (TPSA) is 29.1 Å². The lowest BCUT2D eigenvalue weighted by Crippen LogP contribution is -2.14. The molecule has 0 fully saturated rings. The van der Waals surface area contributed by atoms with Crippen molar-refractivity contribution in [2.24, 2.45) is 5.92 Å². The first-order chi connectivity index (χ1) is 7.40. The van der Waals surface area contributed by atoms with Gasteiger partial charge in [0.25, 0.3) is 0 Å². The number of amides is 1. The molecule has 0 aliphatic carbocycles. The monoisotopic (exact) mass is 283 g/mol. The van der Waals surface area contributed by atoms with Crippen LogP contribution < -0.4 is 5.32 Å². The van der Waals surface area contributed by atoms with Gasteiger partial charge in [-0.2, -0.15) is 0 Å². The minimum absolute atomic E-state index is 0.0685. The number of halogens is 1. The maximum Gasteiger partial charge on any atom is 0.224 e. The molecule has 0 saturated heterocycles. The molecule has 0 aliphatic heterocycles. The second-order valence-corrected chi connectivity index (χ2v) is 5.42. The van der Waals surface area contributed by atoms with Crippen LogP contribution in [0.2, 0.25) is 0 Å². The summed E-state index contributed by atoms with van der Waals surface area (Å²) in [5.74, 6) is 0.448. The van der Waals surface area contributed by atoms with Gasteiger partial charge in [0.05, 0.1) is 5.69 Å². The molecule has 0 aromatic heterocycles. The van der Waals surface area contributed by atoms with Gasteiger partial charge >= 0.3 is 0 Å². The summed E-state index contributed by atoms with van der Waals surface area (Å²) in [6.07, 6.45) is 0.555. The quantitative estimate of drug-likeness (QED) is 0.891. The van der Waals surface area contributed by atoms with Crippen LogP contribution >= 0.6 is 15.9 Å². The summed E-state index contributed by atoms with van der Waals surface area (Å²) in [6.45, 7) is 8.17. The molecule has 0 unspecified atom stereocenters. The standard InChI is InChI=1S/C13H18BrNO/c1-8(2)5-13(16)15-12-7-10(4)9(3)6-11(12)14/h6-8H,5H2,1-4H3,(H,15,16). The summed E-state index contributed by atoms with van der Waals surface area (Å²) in [7, 11) is 0. The number of anilines is 1. The van der Waals surface area contributed by atoms with Gasteiger partial charge in [0, 0.05) is 10.9 Å². The minimum atomic E-state index is 0.0685. The van der Waals surface area contributed by atoms with Crippen LogP contribution in [-0.2, 0) is 4.79 Å². The van der Waals surface area contributed by atoms with Crippen molar-refractivity contribution in [1.82, 2.24) is 0 Å². The van der Waals surface area contributed by atoms with E-state index in [9.17, 15) is 4.79 Å². The molecule has 0 radical (unpaired) electrons. The van der Waals surface area contributed by atoms with E-state index in [4.69, 9.17) is 0 Å². The van der Waals surface area contributed by atoms with Crippen LogP contribution in [0.5, 0.6) is 0 Å². The fraction of sp³-hybridized carbons (Fsp3) is 0.462. The summed E-state index contributed by atoms with van der Waals surface area (Å²) >= 11 is 3.46. The summed E-state index contributed by atoms with van der Waals surface area (Å²) in [5.41, 5.74) is 3.26. The van der Waals surface area contributed by atoms with E-state index in [0.29, 0.717) is 12.3 Å². The Kier molecular flexibility index (Phi) is 4.54. The van der Waals surface area contributed by atoms with E-state index >= 15 is 0 Å². The molecule has 88 valence electrons. The largest absolute Gasteiger partial charge is 0.325 e. The van der Waals surface area contributed by atoms with Crippen molar-refractivity contribution < 1.29 is 4.79 Å². The van der Waals surface area contributed by atoms with Gasteiger partial charge in [-0.1, -0.05) is 13.8 Å². The number of carbonyl (C=O) groups excluding carboxylic acids is 1. The minimum Gasteiger partial charge on any atom is -0.325 e. The Bertz CT molecular complexity index is 399. The lowest BCUT2D eigenvalue weighted by Gasteiger charge is -2.11. The molecule has 1 aromatic rings. The smallest absolute Gasteiger partial charge is 0.224 e. The molecule has 0 atom stereocenters. The maximum absolute atomic E-state index is 11.6. The molecule has 1 aromatic carbocycles. The number of aryl methyl sites for hydroxylation is 2. The molecule has 0 bridgehead atoms. The summed E-state index contributed by atoms with van der Waals surface area (Å²) in [5, 5.41) is 2.92. The first-order valence-corrected chi connectivity index (χ1v) is 6.26. The lowest BCUT2D eigenvalue weighted by atomic mass is 10.1. The van der Waals surface area contributed by atoms with Crippen LogP contribution in [-0.4, -0.2) is 5.91 Å². The normalized spacial score (nSPS) is 10.6. The number of carbonyl (C=O) groups is 1. The fourth-order valence-electron chi connectivity index (χ4n) is 1.45. The van der Waals surface area contributed by atoms with Crippen molar-refractivity contribution in [3.63, 3.8) is 0 Å². The third-order valence-electron chi connectivity index (χ3n) is 2.45. The van der Waals surface area contributed by atoms with E-state index in [0.717, 1.165) is 10.2 Å².